The van der Waals surface area contributed by atoms with Crippen molar-refractivity contribution in [3.8, 4) is 0 Å². The lowest BCUT2D eigenvalue weighted by molar-refractivity contribution is 0.179. The van der Waals surface area contributed by atoms with Gasteiger partial charge in [0.05, 0.1) is 13.7 Å². The van der Waals surface area contributed by atoms with Gasteiger partial charge in [0.25, 0.3) is 0 Å². The Balaban J connectivity index is 2.67. The number of rotatable bonds is 4. The largest absolute Gasteiger partial charge is 0.411 e. The van der Waals surface area contributed by atoms with Crippen LogP contribution in [0.2, 0.25) is 44.8 Å². The fourth-order valence-electron chi connectivity index (χ4n) is 2.37. The van der Waals surface area contributed by atoms with Gasteiger partial charge in [-0.05, 0) is 31.6 Å². The van der Waals surface area contributed by atoms with Crippen molar-refractivity contribution < 1.29 is 4.43 Å². The van der Waals surface area contributed by atoms with Crippen LogP contribution in [0.1, 0.15) is 6.42 Å². The van der Waals surface area contributed by atoms with Crippen LogP contribution in [0.15, 0.2) is 0 Å². The molecule has 0 aromatic rings. The summed E-state index contributed by atoms with van der Waals surface area (Å²) in [6.07, 6.45) is 1.21. The van der Waals surface area contributed by atoms with Gasteiger partial charge in [0.2, 0.25) is 0 Å². The Morgan fingerprint density at radius 1 is 1.21 bits per heavy atom. The predicted molar refractivity (Wildman–Crippen MR) is 67.9 cm³/mol. The van der Waals surface area contributed by atoms with E-state index in [2.05, 4.69) is 39.3 Å². The molecule has 1 saturated carbocycles. The van der Waals surface area contributed by atoms with Crippen molar-refractivity contribution in [1.29, 1.82) is 0 Å². The second kappa shape index (κ2) is 3.44. The molecule has 4 heteroatoms. The normalized spacial score (nSPS) is 33.2. The van der Waals surface area contributed by atoms with Crippen LogP contribution in [-0.2, 0) is 4.43 Å². The first-order valence-electron chi connectivity index (χ1n) is 5.51. The molecular formula is C10H25NOSi2. The third-order valence-corrected chi connectivity index (χ3v) is 6.76. The van der Waals surface area contributed by atoms with E-state index in [9.17, 15) is 0 Å². The summed E-state index contributed by atoms with van der Waals surface area (Å²) in [5.41, 5.74) is 6.74. The van der Waals surface area contributed by atoms with E-state index in [0.717, 1.165) is 5.54 Å². The van der Waals surface area contributed by atoms with Crippen molar-refractivity contribution in [2.75, 3.05) is 6.54 Å². The van der Waals surface area contributed by atoms with Crippen LogP contribution >= 0.6 is 0 Å². The second-order valence-electron chi connectivity index (χ2n) is 6.61. The summed E-state index contributed by atoms with van der Waals surface area (Å²) in [7, 11) is -2.49. The fourth-order valence-corrected chi connectivity index (χ4v) is 6.73. The maximum Gasteiger partial charge on any atom is 0.184 e. The quantitative estimate of drug-likeness (QED) is 0.755. The summed E-state index contributed by atoms with van der Waals surface area (Å²) in [6, 6.07) is 0. The van der Waals surface area contributed by atoms with E-state index in [1.54, 1.807) is 0 Å². The molecule has 0 radical (unpaired) electrons. The van der Waals surface area contributed by atoms with Gasteiger partial charge in [-0.25, -0.2) is 0 Å². The highest BCUT2D eigenvalue weighted by Gasteiger charge is 2.60. The molecule has 0 spiro atoms. The van der Waals surface area contributed by atoms with Gasteiger partial charge in [0, 0.05) is 6.54 Å². The molecule has 0 amide bonds. The molecule has 14 heavy (non-hydrogen) atoms. The highest BCUT2D eigenvalue weighted by molar-refractivity contribution is 6.79. The van der Waals surface area contributed by atoms with Crippen LogP contribution in [0.25, 0.3) is 0 Å². The first kappa shape index (κ1) is 12.4. The molecule has 0 saturated heterocycles. The van der Waals surface area contributed by atoms with Crippen LogP contribution in [0.4, 0.5) is 0 Å². The zero-order valence-corrected chi connectivity index (χ0v) is 12.5. The van der Waals surface area contributed by atoms with E-state index in [1.807, 2.05) is 0 Å². The Bertz CT molecular complexity index is 219. The third kappa shape index (κ3) is 2.69. The van der Waals surface area contributed by atoms with Gasteiger partial charge >= 0.3 is 0 Å². The molecule has 0 aliphatic heterocycles. The Kier molecular flexibility index (Phi) is 3.05. The molecule has 84 valence electrons. The average Bonchev–Trinajstić information content (AvgIpc) is 2.59. The third-order valence-electron chi connectivity index (χ3n) is 2.92. The molecule has 1 aliphatic carbocycles. The molecule has 0 aromatic carbocycles. The van der Waals surface area contributed by atoms with E-state index in [-0.39, 0.29) is 5.60 Å². The van der Waals surface area contributed by atoms with Crippen LogP contribution < -0.4 is 5.73 Å². The lowest BCUT2D eigenvalue weighted by Gasteiger charge is -2.29. The zero-order valence-electron chi connectivity index (χ0n) is 10.5. The monoisotopic (exact) mass is 231 g/mol. The molecule has 0 heterocycles. The molecular weight excluding hydrogens is 206 g/mol. The predicted octanol–water partition coefficient (Wildman–Crippen LogP) is 2.65. The molecule has 1 fully saturated rings. The number of hydrogen-bond donors (Lipinski definition) is 1. The minimum absolute atomic E-state index is 0.0783. The van der Waals surface area contributed by atoms with Crippen LogP contribution in [0.5, 0.6) is 0 Å². The van der Waals surface area contributed by atoms with Crippen molar-refractivity contribution in [1.82, 2.24) is 0 Å². The maximum atomic E-state index is 6.27. The Morgan fingerprint density at radius 2 is 1.71 bits per heavy atom. The molecule has 2 N–H and O–H groups in total. The summed E-state index contributed by atoms with van der Waals surface area (Å²) in [4.78, 5) is 0. The minimum Gasteiger partial charge on any atom is -0.411 e. The topological polar surface area (TPSA) is 35.2 Å². The highest BCUT2D eigenvalue weighted by atomic mass is 28.4. The molecule has 0 bridgehead atoms. The van der Waals surface area contributed by atoms with E-state index in [4.69, 9.17) is 10.2 Å². The molecule has 1 rings (SSSR count). The van der Waals surface area contributed by atoms with Gasteiger partial charge in [0.15, 0.2) is 8.32 Å². The van der Waals surface area contributed by atoms with Gasteiger partial charge in [-0.1, -0.05) is 19.6 Å². The summed E-state index contributed by atoms with van der Waals surface area (Å²) in [5, 5.41) is 0. The Hall–Kier alpha value is 0.354. The van der Waals surface area contributed by atoms with Crippen molar-refractivity contribution in [2.24, 2.45) is 5.73 Å². The fraction of sp³-hybridized carbons (Fsp3) is 1.00. The van der Waals surface area contributed by atoms with Gasteiger partial charge in [-0.2, -0.15) is 0 Å². The first-order chi connectivity index (χ1) is 6.11. The first-order valence-corrected chi connectivity index (χ1v) is 12.5. The molecule has 2 atom stereocenters. The Morgan fingerprint density at radius 3 is 1.93 bits per heavy atom. The van der Waals surface area contributed by atoms with Gasteiger partial charge in [-0.3, -0.25) is 0 Å². The van der Waals surface area contributed by atoms with E-state index in [1.165, 1.54) is 6.42 Å². The highest BCUT2D eigenvalue weighted by Crippen LogP contribution is 2.58. The van der Waals surface area contributed by atoms with E-state index in [0.29, 0.717) is 6.54 Å². The van der Waals surface area contributed by atoms with Gasteiger partial charge in [-0.15, -0.1) is 0 Å². The van der Waals surface area contributed by atoms with E-state index < -0.39 is 16.4 Å². The lowest BCUT2D eigenvalue weighted by atomic mass is 10.4. The van der Waals surface area contributed by atoms with Crippen molar-refractivity contribution >= 4 is 16.4 Å². The standard InChI is InChI=1S/C10H25NOSi2/c1-13(2,3)9-7-10(9,8-11)12-14(4,5)6/h9H,7-8,11H2,1-6H3. The van der Waals surface area contributed by atoms with Crippen LogP contribution in [0, 0.1) is 0 Å². The summed E-state index contributed by atoms with van der Waals surface area (Å²) in [6.45, 7) is 14.7. The summed E-state index contributed by atoms with van der Waals surface area (Å²) >= 11 is 0. The van der Waals surface area contributed by atoms with Crippen LogP contribution in [0.3, 0.4) is 0 Å². The maximum absolute atomic E-state index is 6.27. The number of nitrogens with two attached hydrogens (primary N) is 1. The average molecular weight is 231 g/mol. The molecule has 0 aromatic heterocycles. The summed E-state index contributed by atoms with van der Waals surface area (Å²) in [5.74, 6) is 0. The molecule has 2 unspecified atom stereocenters. The smallest absolute Gasteiger partial charge is 0.184 e. The zero-order chi connectivity index (χ0) is 11.2. The van der Waals surface area contributed by atoms with Crippen molar-refractivity contribution in [2.45, 2.75) is 56.8 Å². The Labute approximate surface area is 90.4 Å². The SMILES string of the molecule is C[Si](C)(C)OC1(CN)CC1[Si](C)(C)C. The number of hydrogen-bond acceptors (Lipinski definition) is 2. The van der Waals surface area contributed by atoms with Crippen molar-refractivity contribution in [3.63, 3.8) is 0 Å². The van der Waals surface area contributed by atoms with Gasteiger partial charge in [0.1, 0.15) is 0 Å². The molecule has 1 aliphatic rings. The van der Waals surface area contributed by atoms with Crippen LogP contribution in [-0.4, -0.2) is 28.5 Å². The molecule has 2 nitrogen and oxygen atoms in total. The minimum atomic E-state index is -1.43. The second-order valence-corrected chi connectivity index (χ2v) is 16.5. The van der Waals surface area contributed by atoms with E-state index >= 15 is 0 Å². The van der Waals surface area contributed by atoms with Gasteiger partial charge < -0.3 is 10.2 Å². The van der Waals surface area contributed by atoms with Crippen molar-refractivity contribution in [3.05, 3.63) is 0 Å². The summed E-state index contributed by atoms with van der Waals surface area (Å²) < 4.78 is 6.27. The lowest BCUT2D eigenvalue weighted by Crippen LogP contribution is -2.41.